The third kappa shape index (κ3) is 3.47. The highest BCUT2D eigenvalue weighted by Gasteiger charge is 2.13. The molecule has 0 unspecified atom stereocenters. The normalized spacial score (nSPS) is 10.2. The average molecular weight is 421 g/mol. The molecule has 0 fully saturated rings. The topological polar surface area (TPSA) is 64.1 Å². The van der Waals surface area contributed by atoms with E-state index < -0.39 is 0 Å². The van der Waals surface area contributed by atoms with Crippen molar-refractivity contribution in [2.24, 2.45) is 0 Å². The fourth-order valence-electron chi connectivity index (χ4n) is 1.40. The van der Waals surface area contributed by atoms with Crippen LogP contribution < -0.4 is 10.1 Å². The number of aromatic nitrogens is 2. The van der Waals surface area contributed by atoms with Crippen molar-refractivity contribution < 1.29 is 9.53 Å². The van der Waals surface area contributed by atoms with Crippen molar-refractivity contribution in [3.8, 4) is 5.75 Å². The SMILES string of the molecule is COc1cc(NC(=O)c2ccc(Cl)nn2)c(Br)cc1Br. The standard InChI is InChI=1S/C12H8Br2ClN3O2/c1-20-10-5-9(6(13)4-7(10)14)16-12(19)8-2-3-11(15)18-17-8/h2-5H,1H3,(H,16,19). The van der Waals surface area contributed by atoms with Crippen molar-refractivity contribution in [2.75, 3.05) is 12.4 Å². The molecule has 0 aliphatic heterocycles. The first-order chi connectivity index (χ1) is 9.51. The predicted octanol–water partition coefficient (Wildman–Crippen LogP) is 3.92. The number of hydrogen-bond acceptors (Lipinski definition) is 4. The molecule has 2 aromatic rings. The van der Waals surface area contributed by atoms with Crippen LogP contribution in [0, 0.1) is 0 Å². The number of benzene rings is 1. The summed E-state index contributed by atoms with van der Waals surface area (Å²) < 4.78 is 6.66. The zero-order valence-electron chi connectivity index (χ0n) is 10.2. The molecule has 0 atom stereocenters. The number of carbonyl (C=O) groups is 1. The lowest BCUT2D eigenvalue weighted by atomic mass is 10.3. The Morgan fingerprint density at radius 3 is 2.60 bits per heavy atom. The van der Waals surface area contributed by atoms with Crippen LogP contribution in [0.25, 0.3) is 0 Å². The highest BCUT2D eigenvalue weighted by Crippen LogP contribution is 2.34. The summed E-state index contributed by atoms with van der Waals surface area (Å²) >= 11 is 12.3. The Kier molecular flexibility index (Phi) is 4.95. The largest absolute Gasteiger partial charge is 0.495 e. The molecule has 0 spiro atoms. The van der Waals surface area contributed by atoms with Gasteiger partial charge in [-0.1, -0.05) is 11.6 Å². The third-order valence-electron chi connectivity index (χ3n) is 2.35. The van der Waals surface area contributed by atoms with Gasteiger partial charge in [0.2, 0.25) is 0 Å². The molecule has 1 aromatic heterocycles. The van der Waals surface area contributed by atoms with E-state index in [9.17, 15) is 4.79 Å². The Balaban J connectivity index is 2.25. The Hall–Kier alpha value is -1.18. The van der Waals surface area contributed by atoms with Crippen molar-refractivity contribution in [1.82, 2.24) is 10.2 Å². The number of nitrogens with zero attached hydrogens (tertiary/aromatic N) is 2. The van der Waals surface area contributed by atoms with E-state index in [1.54, 1.807) is 19.2 Å². The number of rotatable bonds is 3. The number of amides is 1. The molecule has 0 radical (unpaired) electrons. The maximum Gasteiger partial charge on any atom is 0.276 e. The minimum atomic E-state index is -0.390. The van der Waals surface area contributed by atoms with Crippen molar-refractivity contribution >= 4 is 55.1 Å². The summed E-state index contributed by atoms with van der Waals surface area (Å²) in [4.78, 5) is 12.0. The lowest BCUT2D eigenvalue weighted by Crippen LogP contribution is -2.14. The number of hydrogen-bond donors (Lipinski definition) is 1. The number of anilines is 1. The molecule has 104 valence electrons. The van der Waals surface area contributed by atoms with E-state index in [2.05, 4.69) is 47.4 Å². The number of ether oxygens (including phenoxy) is 1. The summed E-state index contributed by atoms with van der Waals surface area (Å²) in [7, 11) is 1.55. The second-order valence-electron chi connectivity index (χ2n) is 3.66. The van der Waals surface area contributed by atoms with Gasteiger partial charge < -0.3 is 10.1 Å². The van der Waals surface area contributed by atoms with Crippen molar-refractivity contribution in [3.63, 3.8) is 0 Å². The molecule has 5 nitrogen and oxygen atoms in total. The molecular formula is C12H8Br2ClN3O2. The second-order valence-corrected chi connectivity index (χ2v) is 5.76. The molecule has 20 heavy (non-hydrogen) atoms. The van der Waals surface area contributed by atoms with Gasteiger partial charge in [-0.15, -0.1) is 10.2 Å². The highest BCUT2D eigenvalue weighted by molar-refractivity contribution is 9.11. The van der Waals surface area contributed by atoms with E-state index in [0.29, 0.717) is 15.9 Å². The lowest BCUT2D eigenvalue weighted by molar-refractivity contribution is 0.102. The zero-order chi connectivity index (χ0) is 14.7. The van der Waals surface area contributed by atoms with Gasteiger partial charge in [-0.3, -0.25) is 4.79 Å². The molecule has 0 aliphatic rings. The maximum atomic E-state index is 12.0. The van der Waals surface area contributed by atoms with Crippen molar-refractivity contribution in [2.45, 2.75) is 0 Å². The van der Waals surface area contributed by atoms with Gasteiger partial charge in [0.25, 0.3) is 5.91 Å². The first-order valence-electron chi connectivity index (χ1n) is 5.35. The van der Waals surface area contributed by atoms with Crippen LogP contribution >= 0.6 is 43.5 Å². The van der Waals surface area contributed by atoms with E-state index >= 15 is 0 Å². The zero-order valence-corrected chi connectivity index (χ0v) is 14.1. The summed E-state index contributed by atoms with van der Waals surface area (Å²) in [5.74, 6) is 0.213. The minimum Gasteiger partial charge on any atom is -0.495 e. The van der Waals surface area contributed by atoms with Gasteiger partial charge in [-0.05, 0) is 50.1 Å². The van der Waals surface area contributed by atoms with Crippen LogP contribution in [0.3, 0.4) is 0 Å². The summed E-state index contributed by atoms with van der Waals surface area (Å²) in [5.41, 5.74) is 0.731. The van der Waals surface area contributed by atoms with E-state index in [4.69, 9.17) is 16.3 Å². The summed E-state index contributed by atoms with van der Waals surface area (Å²) in [6.07, 6.45) is 0. The fraction of sp³-hybridized carbons (Fsp3) is 0.0833. The quantitative estimate of drug-likeness (QED) is 0.816. The Morgan fingerprint density at radius 1 is 1.25 bits per heavy atom. The summed E-state index contributed by atoms with van der Waals surface area (Å²) in [5, 5.41) is 10.3. The Bertz CT molecular complexity index is 650. The molecule has 2 rings (SSSR count). The molecule has 0 aliphatic carbocycles. The third-order valence-corrected chi connectivity index (χ3v) is 3.83. The van der Waals surface area contributed by atoms with Crippen LogP contribution in [0.4, 0.5) is 5.69 Å². The van der Waals surface area contributed by atoms with Crippen LogP contribution in [0.5, 0.6) is 5.75 Å². The van der Waals surface area contributed by atoms with Crippen LogP contribution in [-0.4, -0.2) is 23.2 Å². The molecule has 0 saturated carbocycles. The first-order valence-corrected chi connectivity index (χ1v) is 7.31. The van der Waals surface area contributed by atoms with Crippen LogP contribution in [0.2, 0.25) is 5.15 Å². The van der Waals surface area contributed by atoms with E-state index in [1.165, 1.54) is 12.1 Å². The molecule has 1 amide bonds. The van der Waals surface area contributed by atoms with Crippen LogP contribution in [0.1, 0.15) is 10.5 Å². The molecule has 1 aromatic carbocycles. The van der Waals surface area contributed by atoms with E-state index in [-0.39, 0.29) is 16.8 Å². The smallest absolute Gasteiger partial charge is 0.276 e. The van der Waals surface area contributed by atoms with E-state index in [1.807, 2.05) is 0 Å². The highest BCUT2D eigenvalue weighted by atomic mass is 79.9. The number of methoxy groups -OCH3 is 1. The summed E-state index contributed by atoms with van der Waals surface area (Å²) in [6.45, 7) is 0. The molecule has 1 heterocycles. The number of halogens is 3. The van der Waals surface area contributed by atoms with Crippen molar-refractivity contribution in [3.05, 3.63) is 44.1 Å². The summed E-state index contributed by atoms with van der Waals surface area (Å²) in [6, 6.07) is 6.47. The molecular weight excluding hydrogens is 413 g/mol. The van der Waals surface area contributed by atoms with Gasteiger partial charge >= 0.3 is 0 Å². The van der Waals surface area contributed by atoms with Gasteiger partial charge in [0.1, 0.15) is 5.75 Å². The van der Waals surface area contributed by atoms with Gasteiger partial charge in [-0.25, -0.2) is 0 Å². The second kappa shape index (κ2) is 6.51. The van der Waals surface area contributed by atoms with Gasteiger partial charge in [-0.2, -0.15) is 0 Å². The van der Waals surface area contributed by atoms with Gasteiger partial charge in [0, 0.05) is 10.5 Å². The number of carbonyl (C=O) groups excluding carboxylic acids is 1. The Morgan fingerprint density at radius 2 is 2.00 bits per heavy atom. The van der Waals surface area contributed by atoms with Gasteiger partial charge in [0.05, 0.1) is 17.3 Å². The molecule has 0 bridgehead atoms. The van der Waals surface area contributed by atoms with Crippen molar-refractivity contribution in [1.29, 1.82) is 0 Å². The van der Waals surface area contributed by atoms with Crippen LogP contribution in [-0.2, 0) is 0 Å². The predicted molar refractivity (Wildman–Crippen MR) is 83.4 cm³/mol. The number of nitrogens with one attached hydrogen (secondary N) is 1. The fourth-order valence-corrected chi connectivity index (χ4v) is 2.76. The monoisotopic (exact) mass is 419 g/mol. The lowest BCUT2D eigenvalue weighted by Gasteiger charge is -2.10. The maximum absolute atomic E-state index is 12.0. The van der Waals surface area contributed by atoms with Crippen LogP contribution in [0.15, 0.2) is 33.2 Å². The first kappa shape index (κ1) is 15.2. The van der Waals surface area contributed by atoms with E-state index in [0.717, 1.165) is 4.47 Å². The molecule has 1 N–H and O–H groups in total. The van der Waals surface area contributed by atoms with Gasteiger partial charge in [0.15, 0.2) is 10.8 Å². The molecule has 8 heteroatoms. The minimum absolute atomic E-state index is 0.170. The average Bonchev–Trinajstić information content (AvgIpc) is 2.42. The Labute approximate surface area is 136 Å². The molecule has 0 saturated heterocycles.